The van der Waals surface area contributed by atoms with E-state index in [2.05, 4.69) is 0 Å². The Kier molecular flexibility index (Phi) is 6.90. The van der Waals surface area contributed by atoms with Gasteiger partial charge in [0.2, 0.25) is 0 Å². The standard InChI is InChI=1S/C25H31NO6S2/c1-19-7-11-22(12-8-19)33(28,29)26(34(30,31)23-13-9-20(2)10-14-23)18-21-17-25(24(27)32-21)15-5-3-4-6-16-25/h7-14,21H,3-6,15-18H2,1-2H3/t21-/m0/s1. The fourth-order valence-corrected chi connectivity index (χ4v) is 8.61. The molecule has 0 aromatic heterocycles. The van der Waals surface area contributed by atoms with Gasteiger partial charge in [0.15, 0.2) is 0 Å². The van der Waals surface area contributed by atoms with E-state index in [1.807, 2.05) is 13.8 Å². The molecule has 184 valence electrons. The average Bonchev–Trinajstić information content (AvgIpc) is 2.94. The minimum Gasteiger partial charge on any atom is -0.460 e. The minimum atomic E-state index is -4.43. The van der Waals surface area contributed by atoms with Crippen molar-refractivity contribution in [3.63, 3.8) is 0 Å². The first-order valence-corrected chi connectivity index (χ1v) is 14.6. The van der Waals surface area contributed by atoms with Crippen LogP contribution in [-0.4, -0.2) is 39.2 Å². The summed E-state index contributed by atoms with van der Waals surface area (Å²) in [6.45, 7) is 3.20. The van der Waals surface area contributed by atoms with Gasteiger partial charge in [-0.1, -0.05) is 64.8 Å². The predicted octanol–water partition coefficient (Wildman–Crippen LogP) is 4.34. The predicted molar refractivity (Wildman–Crippen MR) is 128 cm³/mol. The zero-order chi connectivity index (χ0) is 24.6. The number of benzene rings is 2. The Morgan fingerprint density at radius 2 is 1.24 bits per heavy atom. The molecule has 1 heterocycles. The van der Waals surface area contributed by atoms with Crippen LogP contribution in [0.2, 0.25) is 0 Å². The molecule has 1 saturated carbocycles. The maximum absolute atomic E-state index is 13.6. The van der Waals surface area contributed by atoms with Gasteiger partial charge in [-0.3, -0.25) is 4.79 Å². The first-order valence-electron chi connectivity index (χ1n) is 11.7. The van der Waals surface area contributed by atoms with Gasteiger partial charge in [-0.15, -0.1) is 0 Å². The lowest BCUT2D eigenvalue weighted by atomic mass is 9.78. The van der Waals surface area contributed by atoms with Crippen LogP contribution in [0, 0.1) is 19.3 Å². The van der Waals surface area contributed by atoms with Crippen LogP contribution in [0.3, 0.4) is 0 Å². The summed E-state index contributed by atoms with van der Waals surface area (Å²) in [7, 11) is -8.87. The quantitative estimate of drug-likeness (QED) is 0.542. The summed E-state index contributed by atoms with van der Waals surface area (Å²) in [6.07, 6.45) is 4.81. The number of nitrogens with zero attached hydrogens (tertiary/aromatic N) is 1. The smallest absolute Gasteiger partial charge is 0.312 e. The normalized spacial score (nSPS) is 20.9. The lowest BCUT2D eigenvalue weighted by Crippen LogP contribution is -2.42. The van der Waals surface area contributed by atoms with E-state index >= 15 is 0 Å². The number of esters is 1. The summed E-state index contributed by atoms with van der Waals surface area (Å²) in [5.41, 5.74) is 1.06. The van der Waals surface area contributed by atoms with Crippen molar-refractivity contribution < 1.29 is 26.4 Å². The number of carbonyl (C=O) groups excluding carboxylic acids is 1. The van der Waals surface area contributed by atoms with Crippen molar-refractivity contribution in [3.8, 4) is 0 Å². The topological polar surface area (TPSA) is 97.8 Å². The van der Waals surface area contributed by atoms with Crippen LogP contribution in [0.4, 0.5) is 0 Å². The van der Waals surface area contributed by atoms with Crippen molar-refractivity contribution in [1.29, 1.82) is 0 Å². The summed E-state index contributed by atoms with van der Waals surface area (Å²) in [4.78, 5) is 12.6. The van der Waals surface area contributed by atoms with Gasteiger partial charge in [0.05, 0.1) is 21.8 Å². The maximum Gasteiger partial charge on any atom is 0.312 e. The zero-order valence-electron chi connectivity index (χ0n) is 19.6. The van der Waals surface area contributed by atoms with Crippen LogP contribution < -0.4 is 0 Å². The molecule has 2 aromatic rings. The van der Waals surface area contributed by atoms with Gasteiger partial charge in [0, 0.05) is 6.42 Å². The fraction of sp³-hybridized carbons (Fsp3) is 0.480. The Morgan fingerprint density at radius 1 is 0.794 bits per heavy atom. The van der Waals surface area contributed by atoms with Gasteiger partial charge in [-0.25, -0.2) is 16.8 Å². The van der Waals surface area contributed by atoms with E-state index in [9.17, 15) is 21.6 Å². The van der Waals surface area contributed by atoms with Crippen molar-refractivity contribution in [1.82, 2.24) is 3.71 Å². The molecule has 2 fully saturated rings. The number of cyclic esters (lactones) is 1. The second-order valence-corrected chi connectivity index (χ2v) is 13.5. The van der Waals surface area contributed by atoms with Crippen LogP contribution in [0.1, 0.15) is 56.1 Å². The highest BCUT2D eigenvalue weighted by atomic mass is 32.3. The van der Waals surface area contributed by atoms with Gasteiger partial charge >= 0.3 is 5.97 Å². The van der Waals surface area contributed by atoms with Gasteiger partial charge in [0.1, 0.15) is 6.10 Å². The Morgan fingerprint density at radius 3 is 1.68 bits per heavy atom. The van der Waals surface area contributed by atoms with E-state index in [4.69, 9.17) is 4.74 Å². The van der Waals surface area contributed by atoms with Gasteiger partial charge in [0.25, 0.3) is 20.0 Å². The Bertz CT molecular complexity index is 1170. The second-order valence-electron chi connectivity index (χ2n) is 9.52. The molecule has 0 amide bonds. The molecule has 0 unspecified atom stereocenters. The van der Waals surface area contributed by atoms with Crippen molar-refractivity contribution >= 4 is 26.0 Å². The zero-order valence-corrected chi connectivity index (χ0v) is 21.2. The highest BCUT2D eigenvalue weighted by Gasteiger charge is 2.51. The van der Waals surface area contributed by atoms with Crippen molar-refractivity contribution in [2.75, 3.05) is 6.54 Å². The number of hydrogen-bond donors (Lipinski definition) is 0. The molecule has 2 aliphatic rings. The van der Waals surface area contributed by atoms with Gasteiger partial charge in [-0.05, 0) is 51.0 Å². The lowest BCUT2D eigenvalue weighted by Gasteiger charge is -2.25. The highest BCUT2D eigenvalue weighted by Crippen LogP contribution is 2.45. The van der Waals surface area contributed by atoms with Crippen molar-refractivity contribution in [2.24, 2.45) is 5.41 Å². The van der Waals surface area contributed by atoms with E-state index in [0.29, 0.717) is 23.0 Å². The van der Waals surface area contributed by atoms with E-state index in [1.165, 1.54) is 24.3 Å². The monoisotopic (exact) mass is 505 g/mol. The molecular formula is C25H31NO6S2. The molecule has 9 heteroatoms. The molecule has 0 N–H and O–H groups in total. The molecule has 1 aliphatic heterocycles. The summed E-state index contributed by atoms with van der Waals surface area (Å²) >= 11 is 0. The third kappa shape index (κ3) is 4.78. The number of aryl methyl sites for hydroxylation is 2. The number of ether oxygens (including phenoxy) is 1. The minimum absolute atomic E-state index is 0.123. The van der Waals surface area contributed by atoms with Gasteiger partial charge < -0.3 is 4.74 Å². The van der Waals surface area contributed by atoms with E-state index < -0.39 is 38.1 Å². The largest absolute Gasteiger partial charge is 0.460 e. The summed E-state index contributed by atoms with van der Waals surface area (Å²) in [6, 6.07) is 12.1. The molecule has 1 saturated heterocycles. The number of hydrogen-bond acceptors (Lipinski definition) is 6. The Hall–Kier alpha value is -2.23. The third-order valence-corrected chi connectivity index (χ3v) is 11.2. The molecule has 2 aromatic carbocycles. The molecule has 34 heavy (non-hydrogen) atoms. The molecular weight excluding hydrogens is 474 g/mol. The lowest BCUT2D eigenvalue weighted by molar-refractivity contribution is -0.149. The summed E-state index contributed by atoms with van der Waals surface area (Å²) in [5, 5.41) is 0. The third-order valence-electron chi connectivity index (χ3n) is 6.91. The molecule has 1 atom stereocenters. The first-order chi connectivity index (χ1) is 16.0. The van der Waals surface area contributed by atoms with Gasteiger partial charge in [-0.2, -0.15) is 0 Å². The number of sulfonamides is 2. The van der Waals surface area contributed by atoms with E-state index in [-0.39, 0.29) is 15.8 Å². The van der Waals surface area contributed by atoms with Crippen LogP contribution >= 0.6 is 0 Å². The first kappa shape index (κ1) is 24.9. The van der Waals surface area contributed by atoms with Crippen LogP contribution in [-0.2, 0) is 29.6 Å². The van der Waals surface area contributed by atoms with E-state index in [1.54, 1.807) is 24.3 Å². The molecule has 7 nitrogen and oxygen atoms in total. The average molecular weight is 506 g/mol. The molecule has 0 radical (unpaired) electrons. The van der Waals surface area contributed by atoms with Crippen molar-refractivity contribution in [2.45, 2.75) is 74.7 Å². The maximum atomic E-state index is 13.6. The highest BCUT2D eigenvalue weighted by molar-refractivity contribution is 8.04. The summed E-state index contributed by atoms with van der Waals surface area (Å²) < 4.78 is 60.7. The van der Waals surface area contributed by atoms with Crippen LogP contribution in [0.5, 0.6) is 0 Å². The molecule has 1 aliphatic carbocycles. The SMILES string of the molecule is Cc1ccc(S(=O)(=O)N(C[C@@H]2CC3(CCCCCC3)C(=O)O2)S(=O)(=O)c2ccc(C)cc2)cc1. The number of carbonyl (C=O) groups is 1. The fourth-order valence-electron chi connectivity index (χ4n) is 4.90. The van der Waals surface area contributed by atoms with Crippen molar-refractivity contribution in [3.05, 3.63) is 59.7 Å². The molecule has 1 spiro atoms. The van der Waals surface area contributed by atoms with Crippen LogP contribution in [0.25, 0.3) is 0 Å². The Balaban J connectivity index is 1.72. The van der Waals surface area contributed by atoms with Crippen LogP contribution in [0.15, 0.2) is 58.3 Å². The van der Waals surface area contributed by atoms with E-state index in [0.717, 1.165) is 36.8 Å². The number of rotatable bonds is 6. The Labute approximate surface area is 202 Å². The second kappa shape index (κ2) is 9.43. The molecule has 0 bridgehead atoms. The summed E-state index contributed by atoms with van der Waals surface area (Å²) in [5.74, 6) is -0.334. The molecule has 4 rings (SSSR count).